The number of amides is 1. The highest BCUT2D eigenvalue weighted by Crippen LogP contribution is 2.28. The molecule has 3 aromatic rings. The molecule has 1 heterocycles. The van der Waals surface area contributed by atoms with Gasteiger partial charge in [-0.15, -0.1) is 11.3 Å². The Hall–Kier alpha value is -2.66. The van der Waals surface area contributed by atoms with E-state index >= 15 is 0 Å². The van der Waals surface area contributed by atoms with Gasteiger partial charge in [0.25, 0.3) is 0 Å². The van der Waals surface area contributed by atoms with Gasteiger partial charge < -0.3 is 10.6 Å². The highest BCUT2D eigenvalue weighted by molar-refractivity contribution is 7.14. The SMILES string of the molecule is Cc1ccc(Nc2nc(-c3ccc(NC(=O)C(C)(C)C)cc3)cs2)cc1. The van der Waals surface area contributed by atoms with E-state index in [4.69, 9.17) is 0 Å². The Labute approximate surface area is 158 Å². The van der Waals surface area contributed by atoms with Gasteiger partial charge in [0.2, 0.25) is 5.91 Å². The third-order valence-corrected chi connectivity index (χ3v) is 4.68. The Kier molecular flexibility index (Phi) is 5.09. The molecule has 1 amide bonds. The minimum absolute atomic E-state index is 0.00323. The number of benzene rings is 2. The van der Waals surface area contributed by atoms with Gasteiger partial charge in [-0.3, -0.25) is 4.79 Å². The molecule has 134 valence electrons. The first-order valence-corrected chi connectivity index (χ1v) is 9.40. The lowest BCUT2D eigenvalue weighted by molar-refractivity contribution is -0.123. The smallest absolute Gasteiger partial charge is 0.229 e. The van der Waals surface area contributed by atoms with E-state index in [1.165, 1.54) is 5.56 Å². The molecular weight excluding hydrogens is 342 g/mol. The topological polar surface area (TPSA) is 54.0 Å². The predicted octanol–water partition coefficient (Wildman–Crippen LogP) is 5.85. The Bertz CT molecular complexity index is 890. The molecule has 0 saturated carbocycles. The van der Waals surface area contributed by atoms with Crippen LogP contribution in [0.5, 0.6) is 0 Å². The van der Waals surface area contributed by atoms with Crippen molar-refractivity contribution in [3.8, 4) is 11.3 Å². The maximum atomic E-state index is 12.1. The van der Waals surface area contributed by atoms with E-state index in [1.54, 1.807) is 11.3 Å². The van der Waals surface area contributed by atoms with Crippen LogP contribution in [0.15, 0.2) is 53.9 Å². The van der Waals surface area contributed by atoms with Crippen molar-refractivity contribution >= 4 is 33.8 Å². The van der Waals surface area contributed by atoms with Crippen LogP contribution in [0.4, 0.5) is 16.5 Å². The number of carbonyl (C=O) groups is 1. The number of nitrogens with zero attached hydrogens (tertiary/aromatic N) is 1. The van der Waals surface area contributed by atoms with Crippen molar-refractivity contribution in [2.45, 2.75) is 27.7 Å². The molecule has 0 spiro atoms. The average Bonchev–Trinajstić information content (AvgIpc) is 3.05. The molecule has 3 rings (SSSR count). The van der Waals surface area contributed by atoms with Crippen LogP contribution in [-0.2, 0) is 4.79 Å². The fourth-order valence-corrected chi connectivity index (χ4v) is 3.01. The zero-order valence-corrected chi connectivity index (χ0v) is 16.3. The number of nitrogens with one attached hydrogen (secondary N) is 2. The first-order chi connectivity index (χ1) is 12.3. The standard InChI is InChI=1S/C21H23N3OS/c1-14-5-9-17(10-6-14)23-20-24-18(13-26-20)15-7-11-16(12-8-15)22-19(25)21(2,3)4/h5-13H,1-4H3,(H,22,25)(H,23,24). The molecule has 0 aliphatic heterocycles. The van der Waals surface area contributed by atoms with E-state index in [2.05, 4.69) is 34.7 Å². The number of rotatable bonds is 4. The zero-order valence-electron chi connectivity index (χ0n) is 15.5. The largest absolute Gasteiger partial charge is 0.332 e. The van der Waals surface area contributed by atoms with Crippen LogP contribution >= 0.6 is 11.3 Å². The summed E-state index contributed by atoms with van der Waals surface area (Å²) in [5.41, 5.74) is 4.57. The summed E-state index contributed by atoms with van der Waals surface area (Å²) in [7, 11) is 0. The van der Waals surface area contributed by atoms with Crippen molar-refractivity contribution in [3.63, 3.8) is 0 Å². The molecule has 26 heavy (non-hydrogen) atoms. The second kappa shape index (κ2) is 7.30. The predicted molar refractivity (Wildman–Crippen MR) is 110 cm³/mol. The molecule has 0 bridgehead atoms. The molecule has 1 aromatic heterocycles. The maximum Gasteiger partial charge on any atom is 0.229 e. The molecule has 0 aliphatic rings. The molecular formula is C21H23N3OS. The summed E-state index contributed by atoms with van der Waals surface area (Å²) in [6.07, 6.45) is 0. The molecule has 2 aromatic carbocycles. The lowest BCUT2D eigenvalue weighted by atomic mass is 9.95. The van der Waals surface area contributed by atoms with Crippen molar-refractivity contribution in [2.75, 3.05) is 10.6 Å². The first kappa shape index (κ1) is 18.1. The minimum atomic E-state index is -0.413. The van der Waals surface area contributed by atoms with E-state index in [1.807, 2.05) is 62.5 Å². The van der Waals surface area contributed by atoms with E-state index in [9.17, 15) is 4.79 Å². The quantitative estimate of drug-likeness (QED) is 0.610. The van der Waals surface area contributed by atoms with E-state index < -0.39 is 5.41 Å². The monoisotopic (exact) mass is 365 g/mol. The minimum Gasteiger partial charge on any atom is -0.332 e. The van der Waals surface area contributed by atoms with Crippen LogP contribution in [0.25, 0.3) is 11.3 Å². The van der Waals surface area contributed by atoms with Crippen LogP contribution in [0.1, 0.15) is 26.3 Å². The Morgan fingerprint density at radius 1 is 0.962 bits per heavy atom. The second-order valence-electron chi connectivity index (χ2n) is 7.31. The lowest BCUT2D eigenvalue weighted by Crippen LogP contribution is -2.27. The molecule has 0 aliphatic carbocycles. The van der Waals surface area contributed by atoms with Gasteiger partial charge in [0.05, 0.1) is 5.69 Å². The summed E-state index contributed by atoms with van der Waals surface area (Å²) in [4.78, 5) is 16.7. The van der Waals surface area contributed by atoms with Crippen LogP contribution in [-0.4, -0.2) is 10.9 Å². The third-order valence-electron chi connectivity index (χ3n) is 3.93. The Morgan fingerprint density at radius 2 is 1.58 bits per heavy atom. The van der Waals surface area contributed by atoms with Crippen molar-refractivity contribution in [1.29, 1.82) is 0 Å². The van der Waals surface area contributed by atoms with Crippen molar-refractivity contribution in [2.24, 2.45) is 5.41 Å². The van der Waals surface area contributed by atoms with E-state index in [0.717, 1.165) is 27.8 Å². The maximum absolute atomic E-state index is 12.1. The summed E-state index contributed by atoms with van der Waals surface area (Å²) in [5.74, 6) is 0.00323. The van der Waals surface area contributed by atoms with E-state index in [0.29, 0.717) is 0 Å². The highest BCUT2D eigenvalue weighted by Gasteiger charge is 2.21. The van der Waals surface area contributed by atoms with Crippen LogP contribution in [0.2, 0.25) is 0 Å². The number of aromatic nitrogens is 1. The third kappa shape index (κ3) is 4.49. The van der Waals surface area contributed by atoms with Crippen LogP contribution < -0.4 is 10.6 Å². The highest BCUT2D eigenvalue weighted by atomic mass is 32.1. The van der Waals surface area contributed by atoms with Gasteiger partial charge in [-0.05, 0) is 31.2 Å². The number of anilines is 3. The molecule has 0 atom stereocenters. The van der Waals surface area contributed by atoms with Crippen molar-refractivity contribution in [3.05, 3.63) is 59.5 Å². The summed E-state index contributed by atoms with van der Waals surface area (Å²) >= 11 is 1.57. The van der Waals surface area contributed by atoms with Gasteiger partial charge in [-0.2, -0.15) is 0 Å². The molecule has 0 saturated heterocycles. The summed E-state index contributed by atoms with van der Waals surface area (Å²) in [6, 6.07) is 16.0. The molecule has 0 radical (unpaired) electrons. The molecule has 0 unspecified atom stereocenters. The second-order valence-corrected chi connectivity index (χ2v) is 8.17. The van der Waals surface area contributed by atoms with Gasteiger partial charge in [-0.25, -0.2) is 4.98 Å². The Morgan fingerprint density at radius 3 is 2.19 bits per heavy atom. The molecule has 0 fully saturated rings. The van der Waals surface area contributed by atoms with Gasteiger partial charge in [-0.1, -0.05) is 50.6 Å². The Balaban J connectivity index is 1.69. The number of carbonyl (C=O) groups excluding carboxylic acids is 1. The molecule has 4 nitrogen and oxygen atoms in total. The average molecular weight is 366 g/mol. The molecule has 2 N–H and O–H groups in total. The first-order valence-electron chi connectivity index (χ1n) is 8.52. The fraction of sp³-hybridized carbons (Fsp3) is 0.238. The summed E-state index contributed by atoms with van der Waals surface area (Å²) in [5, 5.41) is 9.14. The van der Waals surface area contributed by atoms with Gasteiger partial charge >= 0.3 is 0 Å². The lowest BCUT2D eigenvalue weighted by Gasteiger charge is -2.17. The number of hydrogen-bond acceptors (Lipinski definition) is 4. The van der Waals surface area contributed by atoms with Crippen LogP contribution in [0, 0.1) is 12.3 Å². The number of thiazole rings is 1. The number of aryl methyl sites for hydroxylation is 1. The normalized spacial score (nSPS) is 11.2. The van der Waals surface area contributed by atoms with Gasteiger partial charge in [0.15, 0.2) is 5.13 Å². The summed E-state index contributed by atoms with van der Waals surface area (Å²) in [6.45, 7) is 7.76. The van der Waals surface area contributed by atoms with Gasteiger partial charge in [0.1, 0.15) is 0 Å². The summed E-state index contributed by atoms with van der Waals surface area (Å²) < 4.78 is 0. The number of hydrogen-bond donors (Lipinski definition) is 2. The zero-order chi connectivity index (χ0) is 18.7. The molecule has 5 heteroatoms. The van der Waals surface area contributed by atoms with Crippen molar-refractivity contribution in [1.82, 2.24) is 4.98 Å². The van der Waals surface area contributed by atoms with Crippen LogP contribution in [0.3, 0.4) is 0 Å². The van der Waals surface area contributed by atoms with Gasteiger partial charge in [0, 0.05) is 27.7 Å². The van der Waals surface area contributed by atoms with Crippen molar-refractivity contribution < 1.29 is 4.79 Å². The fourth-order valence-electron chi connectivity index (χ4n) is 2.27. The van der Waals surface area contributed by atoms with E-state index in [-0.39, 0.29) is 5.91 Å².